The Morgan fingerprint density at radius 3 is 2.29 bits per heavy atom. The summed E-state index contributed by atoms with van der Waals surface area (Å²) in [6, 6.07) is 14.6. The third-order valence-corrected chi connectivity index (χ3v) is 2.38. The molecule has 1 heterocycles. The molecule has 0 aliphatic carbocycles. The molecule has 4 nitrogen and oxygen atoms in total. The third-order valence-electron chi connectivity index (χ3n) is 2.38. The maximum Gasteiger partial charge on any atom is 0.149 e. The number of allylic oxidation sites excluding steroid dienone is 2. The molecule has 0 amide bonds. The van der Waals surface area contributed by atoms with Gasteiger partial charge in [0, 0.05) is 10.9 Å². The highest BCUT2D eigenvalue weighted by molar-refractivity contribution is 5.90. The predicted molar refractivity (Wildman–Crippen MR) is 62.1 cm³/mol. The Hall–Kier alpha value is -3.03. The molecule has 0 aliphatic rings. The fourth-order valence-electron chi connectivity index (χ4n) is 1.60. The molecule has 1 aromatic carbocycles. The average molecular weight is 218 g/mol. The first-order valence-corrected chi connectivity index (χ1v) is 4.83. The van der Waals surface area contributed by atoms with Gasteiger partial charge in [-0.05, 0) is 12.1 Å². The molecule has 0 unspecified atom stereocenters. The van der Waals surface area contributed by atoms with Crippen molar-refractivity contribution in [1.29, 1.82) is 15.8 Å². The van der Waals surface area contributed by atoms with E-state index in [-0.39, 0.29) is 11.1 Å². The number of hydrogen-bond donors (Lipinski definition) is 1. The van der Waals surface area contributed by atoms with Gasteiger partial charge in [-0.1, -0.05) is 18.2 Å². The van der Waals surface area contributed by atoms with Crippen LogP contribution in [0, 0.1) is 34.0 Å². The first kappa shape index (κ1) is 10.5. The van der Waals surface area contributed by atoms with Crippen LogP contribution in [0.25, 0.3) is 16.5 Å². The van der Waals surface area contributed by atoms with E-state index in [0.29, 0.717) is 5.69 Å². The summed E-state index contributed by atoms with van der Waals surface area (Å²) in [5.41, 5.74) is 1.25. The Labute approximate surface area is 97.6 Å². The zero-order chi connectivity index (χ0) is 12.3. The summed E-state index contributed by atoms with van der Waals surface area (Å²) in [5, 5.41) is 27.5. The van der Waals surface area contributed by atoms with E-state index in [0.717, 1.165) is 10.9 Å². The summed E-state index contributed by atoms with van der Waals surface area (Å²) in [7, 11) is 0. The van der Waals surface area contributed by atoms with Gasteiger partial charge < -0.3 is 4.98 Å². The molecule has 17 heavy (non-hydrogen) atoms. The molecule has 2 rings (SSSR count). The van der Waals surface area contributed by atoms with Gasteiger partial charge in [0.1, 0.15) is 29.4 Å². The topological polar surface area (TPSA) is 87.2 Å². The number of para-hydroxylation sites is 1. The van der Waals surface area contributed by atoms with Gasteiger partial charge in [-0.15, -0.1) is 0 Å². The number of nitrogens with one attached hydrogen (secondary N) is 1. The van der Waals surface area contributed by atoms with Gasteiger partial charge in [-0.2, -0.15) is 15.8 Å². The molecule has 0 radical (unpaired) electrons. The summed E-state index contributed by atoms with van der Waals surface area (Å²) < 4.78 is 0. The molecule has 0 fully saturated rings. The fraction of sp³-hybridized carbons (Fsp3) is 0. The summed E-state index contributed by atoms with van der Waals surface area (Å²) in [4.78, 5) is 3.01. The minimum absolute atomic E-state index is 0.0752. The highest BCUT2D eigenvalue weighted by Crippen LogP contribution is 2.22. The lowest BCUT2D eigenvalue weighted by Gasteiger charge is -1.92. The van der Waals surface area contributed by atoms with E-state index >= 15 is 0 Å². The summed E-state index contributed by atoms with van der Waals surface area (Å²) in [6.45, 7) is 0. The number of fused-ring (bicyclic) bond motifs is 1. The van der Waals surface area contributed by atoms with Gasteiger partial charge in [0.2, 0.25) is 0 Å². The van der Waals surface area contributed by atoms with Crippen LogP contribution in [0.4, 0.5) is 0 Å². The van der Waals surface area contributed by atoms with Crippen LogP contribution in [0.15, 0.2) is 35.9 Å². The van der Waals surface area contributed by atoms with Crippen LogP contribution in [0.3, 0.4) is 0 Å². The predicted octanol–water partition coefficient (Wildman–Crippen LogP) is 2.49. The second-order valence-corrected chi connectivity index (χ2v) is 3.36. The molecular weight excluding hydrogens is 212 g/mol. The number of nitrogens with zero attached hydrogens (tertiary/aromatic N) is 3. The number of nitriles is 3. The number of aromatic amines is 1. The Morgan fingerprint density at radius 1 is 1.00 bits per heavy atom. The van der Waals surface area contributed by atoms with E-state index in [1.807, 2.05) is 30.3 Å². The van der Waals surface area contributed by atoms with Gasteiger partial charge in [-0.3, -0.25) is 0 Å². The number of hydrogen-bond acceptors (Lipinski definition) is 3. The Morgan fingerprint density at radius 2 is 1.71 bits per heavy atom. The Kier molecular flexibility index (Phi) is 2.61. The molecule has 0 atom stereocenters. The van der Waals surface area contributed by atoms with Gasteiger partial charge in [-0.25, -0.2) is 0 Å². The molecule has 2 aromatic rings. The molecule has 4 heteroatoms. The van der Waals surface area contributed by atoms with Crippen LogP contribution in [0.2, 0.25) is 0 Å². The van der Waals surface area contributed by atoms with Gasteiger partial charge >= 0.3 is 0 Å². The van der Waals surface area contributed by atoms with E-state index in [2.05, 4.69) is 4.98 Å². The molecule has 0 saturated carbocycles. The van der Waals surface area contributed by atoms with Crippen LogP contribution in [-0.4, -0.2) is 4.98 Å². The van der Waals surface area contributed by atoms with E-state index < -0.39 is 0 Å². The zero-order valence-electron chi connectivity index (χ0n) is 8.73. The maximum atomic E-state index is 9.01. The van der Waals surface area contributed by atoms with Crippen molar-refractivity contribution in [3.05, 3.63) is 41.6 Å². The van der Waals surface area contributed by atoms with Crippen LogP contribution in [0.1, 0.15) is 5.69 Å². The van der Waals surface area contributed by atoms with E-state index in [1.54, 1.807) is 18.2 Å². The first-order valence-electron chi connectivity index (χ1n) is 4.83. The van der Waals surface area contributed by atoms with Gasteiger partial charge in [0.15, 0.2) is 0 Å². The van der Waals surface area contributed by atoms with Crippen LogP contribution < -0.4 is 0 Å². The first-order chi connectivity index (χ1) is 8.30. The lowest BCUT2D eigenvalue weighted by molar-refractivity contribution is 1.38. The lowest BCUT2D eigenvalue weighted by Crippen LogP contribution is -1.86. The number of benzene rings is 1. The molecule has 0 bridgehead atoms. The van der Waals surface area contributed by atoms with E-state index in [9.17, 15) is 0 Å². The smallest absolute Gasteiger partial charge is 0.149 e. The minimum atomic E-state index is -0.181. The summed E-state index contributed by atoms with van der Waals surface area (Å²) >= 11 is 0. The third kappa shape index (κ3) is 1.74. The number of aromatic nitrogens is 1. The second-order valence-electron chi connectivity index (χ2n) is 3.36. The molecule has 1 aromatic heterocycles. The quantitative estimate of drug-likeness (QED) is 0.746. The molecule has 0 aliphatic heterocycles. The van der Waals surface area contributed by atoms with Crippen molar-refractivity contribution in [2.24, 2.45) is 0 Å². The zero-order valence-corrected chi connectivity index (χ0v) is 8.73. The SMILES string of the molecule is N#CC(C#N)=C(C#N)c1cc2ccccc2[nH]1. The van der Waals surface area contributed by atoms with Crippen molar-refractivity contribution in [2.45, 2.75) is 0 Å². The van der Waals surface area contributed by atoms with Crippen molar-refractivity contribution < 1.29 is 0 Å². The molecule has 1 N–H and O–H groups in total. The van der Waals surface area contributed by atoms with Crippen molar-refractivity contribution in [1.82, 2.24) is 4.98 Å². The Balaban J connectivity index is 2.70. The highest BCUT2D eigenvalue weighted by atomic mass is 14.7. The van der Waals surface area contributed by atoms with Crippen LogP contribution in [-0.2, 0) is 0 Å². The van der Waals surface area contributed by atoms with E-state index in [1.165, 1.54) is 0 Å². The number of rotatable bonds is 1. The largest absolute Gasteiger partial charge is 0.354 e. The molecule has 78 valence electrons. The van der Waals surface area contributed by atoms with Crippen molar-refractivity contribution in [3.63, 3.8) is 0 Å². The maximum absolute atomic E-state index is 9.01. The normalized spacial score (nSPS) is 9.00. The lowest BCUT2D eigenvalue weighted by atomic mass is 10.1. The van der Waals surface area contributed by atoms with Crippen LogP contribution >= 0.6 is 0 Å². The average Bonchev–Trinajstić information content (AvgIpc) is 2.78. The number of H-pyrrole nitrogens is 1. The minimum Gasteiger partial charge on any atom is -0.354 e. The summed E-state index contributed by atoms with van der Waals surface area (Å²) in [6.07, 6.45) is 0. The standard InChI is InChI=1S/C13H6N4/c14-6-10(7-15)11(8-16)13-5-9-3-1-2-4-12(9)17-13/h1-5,17H. The molecular formula is C13H6N4. The highest BCUT2D eigenvalue weighted by Gasteiger charge is 2.11. The van der Waals surface area contributed by atoms with Gasteiger partial charge in [0.05, 0.1) is 5.69 Å². The van der Waals surface area contributed by atoms with Crippen molar-refractivity contribution in [2.75, 3.05) is 0 Å². The molecule has 0 saturated heterocycles. The fourth-order valence-corrected chi connectivity index (χ4v) is 1.60. The summed E-state index contributed by atoms with van der Waals surface area (Å²) in [5.74, 6) is 0. The van der Waals surface area contributed by atoms with E-state index in [4.69, 9.17) is 15.8 Å². The molecule has 0 spiro atoms. The van der Waals surface area contributed by atoms with Crippen LogP contribution in [0.5, 0.6) is 0 Å². The van der Waals surface area contributed by atoms with Gasteiger partial charge in [0.25, 0.3) is 0 Å². The Bertz CT molecular complexity index is 680. The second kappa shape index (κ2) is 4.23. The monoisotopic (exact) mass is 218 g/mol. The van der Waals surface area contributed by atoms with Crippen molar-refractivity contribution in [3.8, 4) is 18.2 Å². The van der Waals surface area contributed by atoms with Crippen molar-refractivity contribution >= 4 is 16.5 Å².